The summed E-state index contributed by atoms with van der Waals surface area (Å²) in [5.74, 6) is 0. The van der Waals surface area contributed by atoms with Crippen LogP contribution in [0, 0.1) is 6.92 Å². The molecule has 2 aromatic rings. The molecule has 0 aliphatic carbocycles. The van der Waals surface area contributed by atoms with Crippen LogP contribution in [0.5, 0.6) is 0 Å². The first-order valence-corrected chi connectivity index (χ1v) is 6.10. The molecule has 0 unspecified atom stereocenters. The SMILES string of the molecule is Cc1cccc(CN(C)c2ccc(CN)nc2)c1. The first kappa shape index (κ1) is 12.6. The maximum atomic E-state index is 5.54. The Morgan fingerprint density at radius 1 is 1.22 bits per heavy atom. The van der Waals surface area contributed by atoms with E-state index in [1.54, 1.807) is 0 Å². The highest BCUT2D eigenvalue weighted by Gasteiger charge is 2.03. The Labute approximate surface area is 108 Å². The number of aromatic nitrogens is 1. The van der Waals surface area contributed by atoms with E-state index in [0.717, 1.165) is 17.9 Å². The lowest BCUT2D eigenvalue weighted by Gasteiger charge is -2.19. The van der Waals surface area contributed by atoms with E-state index >= 15 is 0 Å². The fraction of sp³-hybridized carbons (Fsp3) is 0.267. The second-order valence-electron chi connectivity index (χ2n) is 4.56. The third-order valence-electron chi connectivity index (χ3n) is 2.96. The maximum Gasteiger partial charge on any atom is 0.0553 e. The van der Waals surface area contributed by atoms with Crippen molar-refractivity contribution >= 4 is 5.69 Å². The van der Waals surface area contributed by atoms with E-state index in [2.05, 4.69) is 54.2 Å². The number of rotatable bonds is 4. The number of hydrogen-bond acceptors (Lipinski definition) is 3. The first-order valence-electron chi connectivity index (χ1n) is 6.10. The predicted molar refractivity (Wildman–Crippen MR) is 75.4 cm³/mol. The van der Waals surface area contributed by atoms with Crippen LogP contribution in [0.2, 0.25) is 0 Å². The number of benzene rings is 1. The number of anilines is 1. The van der Waals surface area contributed by atoms with Crippen molar-refractivity contribution in [3.05, 3.63) is 59.4 Å². The third kappa shape index (κ3) is 3.08. The van der Waals surface area contributed by atoms with E-state index in [1.165, 1.54) is 11.1 Å². The van der Waals surface area contributed by atoms with E-state index in [9.17, 15) is 0 Å². The van der Waals surface area contributed by atoms with Gasteiger partial charge in [0.1, 0.15) is 0 Å². The lowest BCUT2D eigenvalue weighted by molar-refractivity contribution is 0.907. The summed E-state index contributed by atoms with van der Waals surface area (Å²) >= 11 is 0. The Balaban J connectivity index is 2.09. The Bertz CT molecular complexity index is 505. The van der Waals surface area contributed by atoms with Crippen LogP contribution in [-0.4, -0.2) is 12.0 Å². The van der Waals surface area contributed by atoms with E-state index in [-0.39, 0.29) is 0 Å². The third-order valence-corrected chi connectivity index (χ3v) is 2.96. The molecular weight excluding hydrogens is 222 g/mol. The Morgan fingerprint density at radius 2 is 2.06 bits per heavy atom. The quantitative estimate of drug-likeness (QED) is 0.894. The van der Waals surface area contributed by atoms with Crippen LogP contribution in [0.25, 0.3) is 0 Å². The second kappa shape index (κ2) is 5.65. The van der Waals surface area contributed by atoms with Gasteiger partial charge in [-0.25, -0.2) is 0 Å². The molecule has 0 saturated carbocycles. The van der Waals surface area contributed by atoms with Crippen molar-refractivity contribution in [1.82, 2.24) is 4.98 Å². The largest absolute Gasteiger partial charge is 0.369 e. The number of nitrogens with zero attached hydrogens (tertiary/aromatic N) is 2. The molecule has 1 heterocycles. The topological polar surface area (TPSA) is 42.1 Å². The zero-order valence-corrected chi connectivity index (χ0v) is 10.9. The van der Waals surface area contributed by atoms with Crippen molar-refractivity contribution in [2.24, 2.45) is 5.73 Å². The normalized spacial score (nSPS) is 10.4. The lowest BCUT2D eigenvalue weighted by atomic mass is 10.1. The van der Waals surface area contributed by atoms with Crippen molar-refractivity contribution < 1.29 is 0 Å². The molecular formula is C15H19N3. The summed E-state index contributed by atoms with van der Waals surface area (Å²) in [5.41, 5.74) is 10.2. The van der Waals surface area contributed by atoms with Crippen LogP contribution in [-0.2, 0) is 13.1 Å². The zero-order valence-electron chi connectivity index (χ0n) is 10.9. The fourth-order valence-electron chi connectivity index (χ4n) is 1.94. The molecule has 0 radical (unpaired) electrons. The number of aryl methyl sites for hydroxylation is 1. The Kier molecular flexibility index (Phi) is 3.95. The maximum absolute atomic E-state index is 5.54. The van der Waals surface area contributed by atoms with Gasteiger partial charge in [0.2, 0.25) is 0 Å². The summed E-state index contributed by atoms with van der Waals surface area (Å²) < 4.78 is 0. The molecule has 0 atom stereocenters. The van der Waals surface area contributed by atoms with E-state index in [4.69, 9.17) is 5.73 Å². The molecule has 94 valence electrons. The molecule has 1 aromatic heterocycles. The molecule has 18 heavy (non-hydrogen) atoms. The average molecular weight is 241 g/mol. The summed E-state index contributed by atoms with van der Waals surface area (Å²) in [5, 5.41) is 0. The van der Waals surface area contributed by atoms with Gasteiger partial charge in [0.25, 0.3) is 0 Å². The minimum Gasteiger partial charge on any atom is -0.369 e. The minimum atomic E-state index is 0.488. The van der Waals surface area contributed by atoms with Gasteiger partial charge in [-0.2, -0.15) is 0 Å². The van der Waals surface area contributed by atoms with Crippen LogP contribution in [0.3, 0.4) is 0 Å². The van der Waals surface area contributed by atoms with Gasteiger partial charge in [-0.15, -0.1) is 0 Å². The van der Waals surface area contributed by atoms with Crippen LogP contribution in [0.15, 0.2) is 42.6 Å². The minimum absolute atomic E-state index is 0.488. The highest BCUT2D eigenvalue weighted by Crippen LogP contribution is 2.15. The molecule has 2 N–H and O–H groups in total. The van der Waals surface area contributed by atoms with Gasteiger partial charge in [0.05, 0.1) is 17.6 Å². The van der Waals surface area contributed by atoms with E-state index in [0.29, 0.717) is 6.54 Å². The molecule has 0 saturated heterocycles. The van der Waals surface area contributed by atoms with Crippen LogP contribution >= 0.6 is 0 Å². The first-order chi connectivity index (χ1) is 8.69. The summed E-state index contributed by atoms with van der Waals surface area (Å²) in [6, 6.07) is 12.6. The smallest absolute Gasteiger partial charge is 0.0553 e. The van der Waals surface area contributed by atoms with Gasteiger partial charge >= 0.3 is 0 Å². The van der Waals surface area contributed by atoms with Crippen molar-refractivity contribution in [2.45, 2.75) is 20.0 Å². The van der Waals surface area contributed by atoms with Crippen molar-refractivity contribution in [3.63, 3.8) is 0 Å². The van der Waals surface area contributed by atoms with Gasteiger partial charge in [-0.3, -0.25) is 4.98 Å². The second-order valence-corrected chi connectivity index (χ2v) is 4.56. The average Bonchev–Trinajstić information content (AvgIpc) is 2.39. The number of nitrogens with two attached hydrogens (primary N) is 1. The zero-order chi connectivity index (χ0) is 13.0. The molecule has 0 amide bonds. The lowest BCUT2D eigenvalue weighted by Crippen LogP contribution is -2.16. The molecule has 1 aromatic carbocycles. The molecule has 3 heteroatoms. The van der Waals surface area contributed by atoms with Crippen molar-refractivity contribution in [2.75, 3.05) is 11.9 Å². The summed E-state index contributed by atoms with van der Waals surface area (Å²) in [7, 11) is 2.07. The monoisotopic (exact) mass is 241 g/mol. The molecule has 2 rings (SSSR count). The van der Waals surface area contributed by atoms with Gasteiger partial charge in [0.15, 0.2) is 0 Å². The van der Waals surface area contributed by atoms with Gasteiger partial charge < -0.3 is 10.6 Å². The molecule has 0 fully saturated rings. The summed E-state index contributed by atoms with van der Waals surface area (Å²) in [6.07, 6.45) is 1.87. The van der Waals surface area contributed by atoms with Gasteiger partial charge in [0, 0.05) is 20.1 Å². The molecule has 0 aliphatic heterocycles. The summed E-state index contributed by atoms with van der Waals surface area (Å²) in [4.78, 5) is 6.49. The van der Waals surface area contributed by atoms with Crippen molar-refractivity contribution in [1.29, 1.82) is 0 Å². The molecule has 0 spiro atoms. The highest BCUT2D eigenvalue weighted by atomic mass is 15.1. The van der Waals surface area contributed by atoms with Crippen LogP contribution < -0.4 is 10.6 Å². The Hall–Kier alpha value is -1.87. The highest BCUT2D eigenvalue weighted by molar-refractivity contribution is 5.44. The molecule has 0 bridgehead atoms. The molecule has 3 nitrogen and oxygen atoms in total. The summed E-state index contributed by atoms with van der Waals surface area (Å²) in [6.45, 7) is 3.48. The van der Waals surface area contributed by atoms with E-state index in [1.807, 2.05) is 12.3 Å². The molecule has 0 aliphatic rings. The van der Waals surface area contributed by atoms with Crippen LogP contribution in [0.4, 0.5) is 5.69 Å². The van der Waals surface area contributed by atoms with Crippen molar-refractivity contribution in [3.8, 4) is 0 Å². The van der Waals surface area contributed by atoms with Gasteiger partial charge in [-0.1, -0.05) is 29.8 Å². The van der Waals surface area contributed by atoms with Gasteiger partial charge in [-0.05, 0) is 24.6 Å². The fourth-order valence-corrected chi connectivity index (χ4v) is 1.94. The predicted octanol–water partition coefficient (Wildman–Crippen LogP) is 2.49. The standard InChI is InChI=1S/C15H19N3/c1-12-4-3-5-13(8-12)11-18(2)15-7-6-14(9-16)17-10-15/h3-8,10H,9,11,16H2,1-2H3. The number of pyridine rings is 1. The Morgan fingerprint density at radius 3 is 2.67 bits per heavy atom. The number of hydrogen-bond donors (Lipinski definition) is 1. The van der Waals surface area contributed by atoms with E-state index < -0.39 is 0 Å². The van der Waals surface area contributed by atoms with Crippen LogP contribution in [0.1, 0.15) is 16.8 Å².